The molecule has 0 atom stereocenters. The molecule has 2 N–H and O–H groups in total. The monoisotopic (exact) mass is 284 g/mol. The van der Waals surface area contributed by atoms with Crippen LogP contribution < -0.4 is 10.9 Å². The largest absolute Gasteiger partial charge is 0.462 e. The van der Waals surface area contributed by atoms with Gasteiger partial charge in [0.05, 0.1) is 12.2 Å². The second-order valence-corrected chi connectivity index (χ2v) is 4.00. The number of pyridine rings is 2. The summed E-state index contributed by atoms with van der Waals surface area (Å²) in [6, 6.07) is 9.02. The molecule has 6 nitrogen and oxygen atoms in total. The summed E-state index contributed by atoms with van der Waals surface area (Å²) in [5.74, 6) is 0.226. The Balaban J connectivity index is 2.11. The molecule has 2 aromatic rings. The predicted molar refractivity (Wildman–Crippen MR) is 79.8 cm³/mol. The van der Waals surface area contributed by atoms with E-state index in [0.29, 0.717) is 23.6 Å². The predicted octanol–water partition coefficient (Wildman–Crippen LogP) is 2.00. The molecule has 21 heavy (non-hydrogen) atoms. The molecule has 0 bridgehead atoms. The second-order valence-electron chi connectivity index (χ2n) is 4.00. The summed E-state index contributed by atoms with van der Waals surface area (Å²) in [6.07, 6.45) is 6.45. The topological polar surface area (TPSA) is 76.1 Å². The summed E-state index contributed by atoms with van der Waals surface area (Å²) in [5.41, 5.74) is 6.77. The number of carbonyl (C=O) groups excluding carboxylic acids is 1. The zero-order valence-electron chi connectivity index (χ0n) is 11.6. The number of carbonyl (C=O) groups is 1. The summed E-state index contributed by atoms with van der Waals surface area (Å²) in [4.78, 5) is 20.1. The first kappa shape index (κ1) is 14.5. The normalized spacial score (nSPS) is 10.8. The molecular formula is C15H16N4O2. The van der Waals surface area contributed by atoms with Crippen LogP contribution in [0.15, 0.2) is 55.1 Å². The van der Waals surface area contributed by atoms with E-state index in [-0.39, 0.29) is 0 Å². The lowest BCUT2D eigenvalue weighted by atomic mass is 10.1. The Hall–Kier alpha value is -2.89. The van der Waals surface area contributed by atoms with Crippen LogP contribution >= 0.6 is 0 Å². The van der Waals surface area contributed by atoms with Crippen LogP contribution in [-0.4, -0.2) is 22.5 Å². The Morgan fingerprint density at radius 2 is 2.19 bits per heavy atom. The quantitative estimate of drug-likeness (QED) is 0.480. The molecule has 0 fully saturated rings. The molecule has 6 heteroatoms. The summed E-state index contributed by atoms with van der Waals surface area (Å²) < 4.78 is 5.04. The minimum Gasteiger partial charge on any atom is -0.462 e. The first-order valence-electron chi connectivity index (χ1n) is 6.51. The molecule has 0 saturated heterocycles. The van der Waals surface area contributed by atoms with Gasteiger partial charge in [-0.25, -0.2) is 9.78 Å². The highest BCUT2D eigenvalue weighted by molar-refractivity contribution is 6.16. The fourth-order valence-corrected chi connectivity index (χ4v) is 1.61. The van der Waals surface area contributed by atoms with E-state index in [9.17, 15) is 4.79 Å². The summed E-state index contributed by atoms with van der Waals surface area (Å²) in [5, 5.41) is 0. The summed E-state index contributed by atoms with van der Waals surface area (Å²) in [7, 11) is 0. The van der Waals surface area contributed by atoms with Gasteiger partial charge in [0.2, 0.25) is 0 Å². The zero-order valence-corrected chi connectivity index (χ0v) is 11.6. The molecule has 2 aromatic heterocycles. The standard InChI is InChI=1S/C15H16N4O2/c1-2-21-15(20)13(12-6-5-8-16-10-12)11-18-19-14-7-3-4-9-17-14/h3-11,18H,2H2,1H3,(H,17,19)/b13-11-. The van der Waals surface area contributed by atoms with Crippen molar-refractivity contribution in [3.05, 3.63) is 60.7 Å². The molecule has 0 radical (unpaired) electrons. The maximum Gasteiger partial charge on any atom is 0.340 e. The molecule has 0 saturated carbocycles. The average molecular weight is 284 g/mol. The van der Waals surface area contributed by atoms with Gasteiger partial charge < -0.3 is 10.2 Å². The third-order valence-electron chi connectivity index (χ3n) is 2.55. The van der Waals surface area contributed by atoms with Crippen LogP contribution in [0.25, 0.3) is 5.57 Å². The molecular weight excluding hydrogens is 268 g/mol. The number of nitrogens with zero attached hydrogens (tertiary/aromatic N) is 2. The molecule has 2 rings (SSSR count). The Morgan fingerprint density at radius 1 is 1.29 bits per heavy atom. The molecule has 2 heterocycles. The van der Waals surface area contributed by atoms with E-state index in [1.54, 1.807) is 43.7 Å². The Bertz CT molecular complexity index is 600. The van der Waals surface area contributed by atoms with Crippen molar-refractivity contribution >= 4 is 17.4 Å². The van der Waals surface area contributed by atoms with Crippen molar-refractivity contribution in [1.82, 2.24) is 15.4 Å². The van der Waals surface area contributed by atoms with Gasteiger partial charge in [-0.1, -0.05) is 12.1 Å². The van der Waals surface area contributed by atoms with Gasteiger partial charge in [-0.3, -0.25) is 10.4 Å². The van der Waals surface area contributed by atoms with E-state index in [0.717, 1.165) is 0 Å². The van der Waals surface area contributed by atoms with Crippen LogP contribution in [0.1, 0.15) is 12.5 Å². The molecule has 0 unspecified atom stereocenters. The minimum absolute atomic E-state index is 0.310. The lowest BCUT2D eigenvalue weighted by molar-refractivity contribution is -0.136. The van der Waals surface area contributed by atoms with Gasteiger partial charge in [0, 0.05) is 30.4 Å². The highest BCUT2D eigenvalue weighted by Crippen LogP contribution is 2.14. The highest BCUT2D eigenvalue weighted by Gasteiger charge is 2.13. The molecule has 0 spiro atoms. The highest BCUT2D eigenvalue weighted by atomic mass is 16.5. The third-order valence-corrected chi connectivity index (χ3v) is 2.55. The van der Waals surface area contributed by atoms with Crippen molar-refractivity contribution in [3.8, 4) is 0 Å². The van der Waals surface area contributed by atoms with Gasteiger partial charge in [0.25, 0.3) is 0 Å². The minimum atomic E-state index is -0.416. The van der Waals surface area contributed by atoms with Crippen molar-refractivity contribution < 1.29 is 9.53 Å². The summed E-state index contributed by atoms with van der Waals surface area (Å²) in [6.45, 7) is 2.07. The van der Waals surface area contributed by atoms with Crippen LogP contribution in [0.2, 0.25) is 0 Å². The third kappa shape index (κ3) is 4.31. The van der Waals surface area contributed by atoms with Crippen LogP contribution in [0.3, 0.4) is 0 Å². The Kier molecular flexibility index (Phi) is 5.28. The van der Waals surface area contributed by atoms with Gasteiger partial charge in [0.1, 0.15) is 5.82 Å². The summed E-state index contributed by atoms with van der Waals surface area (Å²) >= 11 is 0. The van der Waals surface area contributed by atoms with Crippen molar-refractivity contribution in [1.29, 1.82) is 0 Å². The first-order valence-corrected chi connectivity index (χ1v) is 6.51. The fraction of sp³-hybridized carbons (Fsp3) is 0.133. The van der Waals surface area contributed by atoms with Gasteiger partial charge >= 0.3 is 5.97 Å². The first-order chi connectivity index (χ1) is 10.3. The van der Waals surface area contributed by atoms with Gasteiger partial charge in [0.15, 0.2) is 0 Å². The molecule has 0 amide bonds. The molecule has 0 aromatic carbocycles. The molecule has 0 aliphatic rings. The van der Waals surface area contributed by atoms with Crippen LogP contribution in [-0.2, 0) is 9.53 Å². The molecule has 0 aliphatic heterocycles. The van der Waals surface area contributed by atoms with Gasteiger partial charge in [-0.15, -0.1) is 0 Å². The van der Waals surface area contributed by atoms with Crippen molar-refractivity contribution in [2.24, 2.45) is 0 Å². The number of hydrazine groups is 1. The number of aromatic nitrogens is 2. The second kappa shape index (κ2) is 7.64. The lowest BCUT2D eigenvalue weighted by Crippen LogP contribution is -2.18. The Morgan fingerprint density at radius 3 is 2.86 bits per heavy atom. The van der Waals surface area contributed by atoms with E-state index in [4.69, 9.17) is 4.74 Å². The van der Waals surface area contributed by atoms with Crippen molar-refractivity contribution in [3.63, 3.8) is 0 Å². The Labute approximate surface area is 122 Å². The number of nitrogens with one attached hydrogen (secondary N) is 2. The van der Waals surface area contributed by atoms with Crippen LogP contribution in [0.4, 0.5) is 5.82 Å². The number of ether oxygens (including phenoxy) is 1. The number of esters is 1. The zero-order chi connectivity index (χ0) is 14.9. The van der Waals surface area contributed by atoms with Gasteiger partial charge in [-0.05, 0) is 25.1 Å². The van der Waals surface area contributed by atoms with E-state index in [1.807, 2.05) is 12.1 Å². The maximum atomic E-state index is 12.0. The molecule has 0 aliphatic carbocycles. The van der Waals surface area contributed by atoms with E-state index in [2.05, 4.69) is 20.8 Å². The van der Waals surface area contributed by atoms with Crippen LogP contribution in [0.5, 0.6) is 0 Å². The van der Waals surface area contributed by atoms with E-state index in [1.165, 1.54) is 6.20 Å². The van der Waals surface area contributed by atoms with E-state index >= 15 is 0 Å². The number of hydrogen-bond donors (Lipinski definition) is 2. The number of anilines is 1. The van der Waals surface area contributed by atoms with Crippen molar-refractivity contribution in [2.45, 2.75) is 6.92 Å². The SMILES string of the molecule is CCOC(=O)/C(=C\NNc1ccccn1)c1cccnc1. The smallest absolute Gasteiger partial charge is 0.340 e. The van der Waals surface area contributed by atoms with Crippen molar-refractivity contribution in [2.75, 3.05) is 12.0 Å². The average Bonchev–Trinajstić information content (AvgIpc) is 2.53. The van der Waals surface area contributed by atoms with Crippen LogP contribution in [0, 0.1) is 0 Å². The van der Waals surface area contributed by atoms with E-state index < -0.39 is 5.97 Å². The maximum absolute atomic E-state index is 12.0. The number of hydrogen-bond acceptors (Lipinski definition) is 6. The van der Waals surface area contributed by atoms with Gasteiger partial charge in [-0.2, -0.15) is 0 Å². The number of rotatable bonds is 6. The fourth-order valence-electron chi connectivity index (χ4n) is 1.61. The molecule has 108 valence electrons. The lowest BCUT2D eigenvalue weighted by Gasteiger charge is -2.09.